The predicted molar refractivity (Wildman–Crippen MR) is 104 cm³/mol. The minimum Gasteiger partial charge on any atom is -0.465 e. The smallest absolute Gasteiger partial charge is 0.308 e. The Hall–Kier alpha value is -0.0500. The fraction of sp³-hybridized carbons (Fsp3) is 0.950. The highest BCUT2D eigenvalue weighted by Crippen LogP contribution is 2.13. The molecule has 0 aromatic heterocycles. The maximum atomic E-state index is 11.8. The van der Waals surface area contributed by atoms with Crippen molar-refractivity contribution in [1.29, 1.82) is 0 Å². The van der Waals surface area contributed by atoms with E-state index in [2.05, 4.69) is 29.8 Å². The molecule has 2 nitrogen and oxygen atoms in total. The van der Waals surface area contributed by atoms with E-state index in [1.165, 1.54) is 51.4 Å². The van der Waals surface area contributed by atoms with E-state index in [0.717, 1.165) is 36.9 Å². The number of unbranched alkanes of at least 4 members (excludes halogenated alkanes) is 8. The Labute approximate surface area is 153 Å². The topological polar surface area (TPSA) is 26.3 Å². The molecule has 138 valence electrons. The van der Waals surface area contributed by atoms with Crippen molar-refractivity contribution in [2.45, 2.75) is 97.8 Å². The van der Waals surface area contributed by atoms with Crippen LogP contribution in [0.2, 0.25) is 0 Å². The van der Waals surface area contributed by atoms with Gasteiger partial charge < -0.3 is 4.74 Å². The number of halogens is 1. The predicted octanol–water partition coefficient (Wildman–Crippen LogP) is 6.90. The van der Waals surface area contributed by atoms with Gasteiger partial charge in [-0.05, 0) is 25.2 Å². The van der Waals surface area contributed by atoms with Crippen LogP contribution in [0.15, 0.2) is 0 Å². The summed E-state index contributed by atoms with van der Waals surface area (Å²) >= 11 is 3.42. The van der Waals surface area contributed by atoms with Crippen molar-refractivity contribution in [2.24, 2.45) is 11.8 Å². The summed E-state index contributed by atoms with van der Waals surface area (Å²) in [5.41, 5.74) is 0. The van der Waals surface area contributed by atoms with Gasteiger partial charge in [0.25, 0.3) is 0 Å². The zero-order valence-corrected chi connectivity index (χ0v) is 17.3. The van der Waals surface area contributed by atoms with Crippen LogP contribution in [-0.2, 0) is 9.53 Å². The fourth-order valence-electron chi connectivity index (χ4n) is 2.69. The zero-order chi connectivity index (χ0) is 17.3. The first-order chi connectivity index (χ1) is 11.1. The first-order valence-electron chi connectivity index (χ1n) is 9.80. The van der Waals surface area contributed by atoms with E-state index in [1.54, 1.807) is 0 Å². The molecule has 0 aromatic rings. The molecule has 0 aliphatic rings. The summed E-state index contributed by atoms with van der Waals surface area (Å²) in [6.45, 7) is 7.19. The molecule has 0 bridgehead atoms. The van der Waals surface area contributed by atoms with Crippen LogP contribution in [0.1, 0.15) is 97.8 Å². The summed E-state index contributed by atoms with van der Waals surface area (Å²) in [6, 6.07) is 0. The molecule has 0 aromatic carbocycles. The number of ether oxygens (including phenoxy) is 1. The first-order valence-corrected chi connectivity index (χ1v) is 10.9. The molecule has 0 aliphatic heterocycles. The van der Waals surface area contributed by atoms with Crippen LogP contribution in [0.4, 0.5) is 0 Å². The van der Waals surface area contributed by atoms with Gasteiger partial charge in [0.15, 0.2) is 0 Å². The van der Waals surface area contributed by atoms with Gasteiger partial charge >= 0.3 is 5.97 Å². The molecule has 1 unspecified atom stereocenters. The van der Waals surface area contributed by atoms with Gasteiger partial charge in [0, 0.05) is 5.33 Å². The summed E-state index contributed by atoms with van der Waals surface area (Å²) in [5, 5.41) is 1.02. The van der Waals surface area contributed by atoms with E-state index in [1.807, 2.05) is 6.92 Å². The molecule has 3 heteroatoms. The number of carbonyl (C=O) groups excluding carboxylic acids is 1. The van der Waals surface area contributed by atoms with Crippen molar-refractivity contribution in [3.05, 3.63) is 0 Å². The van der Waals surface area contributed by atoms with E-state index >= 15 is 0 Å². The van der Waals surface area contributed by atoms with Gasteiger partial charge in [-0.15, -0.1) is 0 Å². The summed E-state index contributed by atoms with van der Waals surface area (Å²) in [5.74, 6) is 0.898. The molecular formula is C20H39BrO2. The lowest BCUT2D eigenvalue weighted by atomic mass is 10.0. The summed E-state index contributed by atoms with van der Waals surface area (Å²) in [4.78, 5) is 11.8. The van der Waals surface area contributed by atoms with Gasteiger partial charge in [-0.3, -0.25) is 4.79 Å². The van der Waals surface area contributed by atoms with Gasteiger partial charge in [-0.1, -0.05) is 94.5 Å². The molecular weight excluding hydrogens is 352 g/mol. The third-order valence-corrected chi connectivity index (χ3v) is 4.90. The molecule has 1 atom stereocenters. The summed E-state index contributed by atoms with van der Waals surface area (Å²) < 4.78 is 5.37. The maximum absolute atomic E-state index is 11.8. The summed E-state index contributed by atoms with van der Waals surface area (Å²) in [6.07, 6.45) is 14.9. The quantitative estimate of drug-likeness (QED) is 0.163. The fourth-order valence-corrected chi connectivity index (χ4v) is 3.09. The first kappa shape index (κ1) is 22.9. The Morgan fingerprint density at radius 2 is 1.30 bits per heavy atom. The molecule has 0 saturated heterocycles. The second-order valence-electron chi connectivity index (χ2n) is 7.26. The van der Waals surface area contributed by atoms with Gasteiger partial charge in [-0.25, -0.2) is 0 Å². The number of hydrogen-bond donors (Lipinski definition) is 0. The van der Waals surface area contributed by atoms with Crippen LogP contribution < -0.4 is 0 Å². The molecule has 0 spiro atoms. The van der Waals surface area contributed by atoms with Crippen molar-refractivity contribution in [2.75, 3.05) is 11.9 Å². The molecule has 0 aliphatic carbocycles. The van der Waals surface area contributed by atoms with Gasteiger partial charge in [-0.2, -0.15) is 0 Å². The highest BCUT2D eigenvalue weighted by atomic mass is 79.9. The van der Waals surface area contributed by atoms with Crippen LogP contribution in [0.25, 0.3) is 0 Å². The Bertz CT molecular complexity index is 266. The number of carbonyl (C=O) groups is 1. The third kappa shape index (κ3) is 16.6. The third-order valence-electron chi connectivity index (χ3n) is 4.34. The SMILES string of the molecule is CC(C)CCCCCCCCCCOC(=O)C(C)CCCCBr. The normalized spacial score (nSPS) is 12.6. The molecule has 0 rings (SSSR count). The summed E-state index contributed by atoms with van der Waals surface area (Å²) in [7, 11) is 0. The average molecular weight is 391 g/mol. The molecule has 0 saturated carbocycles. The molecule has 0 heterocycles. The Kier molecular flexibility index (Phi) is 16.8. The second kappa shape index (κ2) is 16.8. The largest absolute Gasteiger partial charge is 0.465 e. The lowest BCUT2D eigenvalue weighted by Gasteiger charge is -2.11. The van der Waals surface area contributed by atoms with Crippen LogP contribution in [-0.4, -0.2) is 17.9 Å². The van der Waals surface area contributed by atoms with Crippen molar-refractivity contribution in [3.63, 3.8) is 0 Å². The second-order valence-corrected chi connectivity index (χ2v) is 8.06. The Balaban J connectivity index is 3.27. The van der Waals surface area contributed by atoms with E-state index in [0.29, 0.717) is 6.61 Å². The highest BCUT2D eigenvalue weighted by molar-refractivity contribution is 9.09. The van der Waals surface area contributed by atoms with Crippen molar-refractivity contribution in [1.82, 2.24) is 0 Å². The van der Waals surface area contributed by atoms with Gasteiger partial charge in [0.2, 0.25) is 0 Å². The van der Waals surface area contributed by atoms with E-state index in [-0.39, 0.29) is 11.9 Å². The van der Waals surface area contributed by atoms with Crippen molar-refractivity contribution >= 4 is 21.9 Å². The molecule has 0 N–H and O–H groups in total. The van der Waals surface area contributed by atoms with Gasteiger partial charge in [0.05, 0.1) is 12.5 Å². The molecule has 0 fully saturated rings. The van der Waals surface area contributed by atoms with Crippen LogP contribution >= 0.6 is 15.9 Å². The zero-order valence-electron chi connectivity index (χ0n) is 15.7. The lowest BCUT2D eigenvalue weighted by Crippen LogP contribution is -2.15. The standard InChI is InChI=1S/C20H39BrO2/c1-18(2)14-10-8-6-4-5-7-9-13-17-23-20(22)19(3)15-11-12-16-21/h18-19H,4-17H2,1-3H3. The van der Waals surface area contributed by atoms with E-state index in [4.69, 9.17) is 4.74 Å². The van der Waals surface area contributed by atoms with Crippen LogP contribution in [0.3, 0.4) is 0 Å². The number of rotatable bonds is 16. The minimum absolute atomic E-state index is 0.00951. The average Bonchev–Trinajstić information content (AvgIpc) is 2.52. The van der Waals surface area contributed by atoms with E-state index < -0.39 is 0 Å². The molecule has 0 amide bonds. The Morgan fingerprint density at radius 3 is 1.87 bits per heavy atom. The lowest BCUT2D eigenvalue weighted by molar-refractivity contribution is -0.148. The van der Waals surface area contributed by atoms with Crippen LogP contribution in [0.5, 0.6) is 0 Å². The highest BCUT2D eigenvalue weighted by Gasteiger charge is 2.13. The number of alkyl halides is 1. The minimum atomic E-state index is -0.00951. The van der Waals surface area contributed by atoms with Gasteiger partial charge in [0.1, 0.15) is 0 Å². The number of hydrogen-bond acceptors (Lipinski definition) is 2. The van der Waals surface area contributed by atoms with E-state index in [9.17, 15) is 4.79 Å². The molecule has 23 heavy (non-hydrogen) atoms. The van der Waals surface area contributed by atoms with Crippen molar-refractivity contribution < 1.29 is 9.53 Å². The monoisotopic (exact) mass is 390 g/mol. The van der Waals surface area contributed by atoms with Crippen LogP contribution in [0, 0.1) is 11.8 Å². The maximum Gasteiger partial charge on any atom is 0.308 e. The Morgan fingerprint density at radius 1 is 0.783 bits per heavy atom. The number of esters is 1. The molecule has 0 radical (unpaired) electrons. The van der Waals surface area contributed by atoms with Crippen molar-refractivity contribution in [3.8, 4) is 0 Å².